The lowest BCUT2D eigenvalue weighted by Gasteiger charge is -2.02. The van der Waals surface area contributed by atoms with Crippen molar-refractivity contribution in [2.75, 3.05) is 19.7 Å². The van der Waals surface area contributed by atoms with Crippen LogP contribution >= 0.6 is 0 Å². The number of hydrogen-bond donors (Lipinski definition) is 3. The summed E-state index contributed by atoms with van der Waals surface area (Å²) in [6, 6.07) is 0. The number of rotatable bonds is 12. The predicted octanol–water partition coefficient (Wildman–Crippen LogP) is 2.93. The summed E-state index contributed by atoms with van der Waals surface area (Å²) in [6.07, 6.45) is 3.16. The molecule has 0 saturated carbocycles. The Morgan fingerprint density at radius 1 is 1.30 bits per heavy atom. The Bertz CT molecular complexity index is 301. The first-order chi connectivity index (χ1) is 10.9. The molecule has 10 nitrogen and oxygen atoms in total. The summed E-state index contributed by atoms with van der Waals surface area (Å²) in [5, 5.41) is 33.9. The first-order valence-electron chi connectivity index (χ1n) is 7.64. The van der Waals surface area contributed by atoms with Gasteiger partial charge < -0.3 is 15.1 Å². The second-order valence-corrected chi connectivity index (χ2v) is 4.79. The molecule has 0 radical (unpaired) electrons. The van der Waals surface area contributed by atoms with E-state index in [9.17, 15) is 10.0 Å². The molecule has 0 atom stereocenters. The van der Waals surface area contributed by atoms with Crippen molar-refractivity contribution in [3.8, 4) is 0 Å². The minimum absolute atomic E-state index is 0.225. The third-order valence-electron chi connectivity index (χ3n) is 2.28. The molecule has 0 spiro atoms. The molecule has 0 aromatic carbocycles. The zero-order valence-electron chi connectivity index (χ0n) is 14.1. The first-order valence-corrected chi connectivity index (χ1v) is 7.64. The summed E-state index contributed by atoms with van der Waals surface area (Å²) in [7, 11) is 0. The smallest absolute Gasteiger partial charge is 0.506 e. The Morgan fingerprint density at radius 2 is 2.00 bits per heavy atom. The van der Waals surface area contributed by atoms with Gasteiger partial charge in [0.25, 0.3) is 0 Å². The van der Waals surface area contributed by atoms with E-state index in [0.717, 1.165) is 19.3 Å². The number of nitrogens with zero attached hydrogens (tertiary/aromatic N) is 2. The molecular formula is C13H29N3O7. The molecule has 0 aliphatic carbocycles. The fourth-order valence-corrected chi connectivity index (χ4v) is 1.27. The van der Waals surface area contributed by atoms with Crippen LogP contribution < -0.4 is 5.43 Å². The molecule has 0 fully saturated rings. The van der Waals surface area contributed by atoms with E-state index in [0.29, 0.717) is 30.9 Å². The number of hydrogen-bond acceptors (Lipinski definition) is 7. The Balaban J connectivity index is 0. The summed E-state index contributed by atoms with van der Waals surface area (Å²) in [6.45, 7) is 6.80. The van der Waals surface area contributed by atoms with Crippen LogP contribution in [-0.2, 0) is 14.7 Å². The maximum atomic E-state index is 11.0. The zero-order valence-corrected chi connectivity index (χ0v) is 14.1. The van der Waals surface area contributed by atoms with Crippen molar-refractivity contribution >= 4 is 6.16 Å². The molecule has 0 bridgehead atoms. The van der Waals surface area contributed by atoms with Gasteiger partial charge in [0.05, 0.1) is 19.3 Å². The van der Waals surface area contributed by atoms with Gasteiger partial charge in [0.2, 0.25) is 0 Å². The van der Waals surface area contributed by atoms with E-state index in [1.165, 1.54) is 0 Å². The summed E-state index contributed by atoms with van der Waals surface area (Å²) < 4.78 is 4.17. The monoisotopic (exact) mass is 339 g/mol. The van der Waals surface area contributed by atoms with Crippen LogP contribution in [0.25, 0.3) is 0 Å². The second-order valence-electron chi connectivity index (χ2n) is 4.79. The minimum atomic E-state index is -1.21. The molecular weight excluding hydrogens is 310 g/mol. The fraction of sp³-hybridized carbons (Fsp3) is 0.923. The largest absolute Gasteiger partial charge is 0.572 e. The lowest BCUT2D eigenvalue weighted by atomic mass is 10.3. The fourth-order valence-electron chi connectivity index (χ4n) is 1.27. The van der Waals surface area contributed by atoms with Crippen LogP contribution in [-0.4, -0.2) is 47.3 Å². The molecule has 0 aromatic rings. The first kappa shape index (κ1) is 23.6. The van der Waals surface area contributed by atoms with Crippen molar-refractivity contribution in [3.63, 3.8) is 0 Å². The van der Waals surface area contributed by atoms with Gasteiger partial charge in [0, 0.05) is 4.97 Å². The predicted molar refractivity (Wildman–Crippen MR) is 81.6 cm³/mol. The Morgan fingerprint density at radius 3 is 2.48 bits per heavy atom. The molecule has 0 rings (SSSR count). The summed E-state index contributed by atoms with van der Waals surface area (Å²) >= 11 is 0. The molecule has 0 aromatic heterocycles. The van der Waals surface area contributed by atoms with Gasteiger partial charge >= 0.3 is 6.16 Å². The molecule has 0 unspecified atom stereocenters. The van der Waals surface area contributed by atoms with E-state index in [1.54, 1.807) is 13.8 Å². The summed E-state index contributed by atoms with van der Waals surface area (Å²) in [4.78, 5) is 14.3. The number of hydrazine groups is 1. The van der Waals surface area contributed by atoms with E-state index in [-0.39, 0.29) is 12.7 Å². The van der Waals surface area contributed by atoms with Gasteiger partial charge in [-0.05, 0) is 38.2 Å². The van der Waals surface area contributed by atoms with Gasteiger partial charge in [-0.15, -0.1) is 0 Å². The van der Waals surface area contributed by atoms with Crippen molar-refractivity contribution in [1.82, 2.24) is 5.43 Å². The van der Waals surface area contributed by atoms with Gasteiger partial charge in [0.1, 0.15) is 6.54 Å². The zero-order chi connectivity index (χ0) is 17.9. The van der Waals surface area contributed by atoms with Crippen LogP contribution in [0.1, 0.15) is 52.9 Å². The molecule has 0 heterocycles. The normalized spacial score (nSPS) is 10.9. The minimum Gasteiger partial charge on any atom is -0.572 e. The number of ether oxygens (including phenoxy) is 1. The molecule has 0 aliphatic rings. The number of unbranched alkanes of at least 4 members (excludes halogenated alkanes) is 3. The number of carbonyl (C=O) groups is 1. The molecule has 23 heavy (non-hydrogen) atoms. The van der Waals surface area contributed by atoms with Gasteiger partial charge in [-0.1, -0.05) is 24.8 Å². The van der Waals surface area contributed by atoms with Gasteiger partial charge in [-0.25, -0.2) is 14.9 Å². The lowest BCUT2D eigenvalue weighted by Crippen LogP contribution is -2.24. The van der Waals surface area contributed by atoms with E-state index in [1.807, 2.05) is 0 Å². The molecule has 138 valence electrons. The third kappa shape index (κ3) is 25.6. The van der Waals surface area contributed by atoms with Gasteiger partial charge in [-0.2, -0.15) is 5.43 Å². The SMILES string of the molecule is CC(C)OC(=O)O.CCCCCN[N+]([O-])=NCCCCOOO. The molecule has 3 N–H and O–H groups in total. The Kier molecular flexibility index (Phi) is 18.9. The van der Waals surface area contributed by atoms with E-state index in [2.05, 4.69) is 32.1 Å². The average Bonchev–Trinajstić information content (AvgIpc) is 2.46. The lowest BCUT2D eigenvalue weighted by molar-refractivity contribution is -0.590. The van der Waals surface area contributed by atoms with Crippen LogP contribution in [0.5, 0.6) is 0 Å². The molecule has 0 saturated heterocycles. The Hall–Kier alpha value is -1.65. The summed E-state index contributed by atoms with van der Waals surface area (Å²) in [5.41, 5.74) is 2.63. The van der Waals surface area contributed by atoms with Gasteiger partial charge in [0.15, 0.2) is 0 Å². The highest BCUT2D eigenvalue weighted by atomic mass is 17.5. The van der Waals surface area contributed by atoms with Crippen molar-refractivity contribution in [2.24, 2.45) is 5.11 Å². The average molecular weight is 339 g/mol. The number of nitrogens with one attached hydrogen (secondary N) is 1. The van der Waals surface area contributed by atoms with Crippen LogP contribution in [0.2, 0.25) is 0 Å². The maximum Gasteiger partial charge on any atom is 0.506 e. The second kappa shape index (κ2) is 18.4. The topological polar surface area (TPSA) is 136 Å². The molecule has 0 amide bonds. The van der Waals surface area contributed by atoms with Crippen molar-refractivity contribution in [3.05, 3.63) is 5.21 Å². The highest BCUT2D eigenvalue weighted by molar-refractivity contribution is 5.56. The van der Waals surface area contributed by atoms with Crippen molar-refractivity contribution in [2.45, 2.75) is 59.0 Å². The van der Waals surface area contributed by atoms with Crippen molar-refractivity contribution < 1.29 is 34.8 Å². The van der Waals surface area contributed by atoms with E-state index in [4.69, 9.17) is 10.4 Å². The highest BCUT2D eigenvalue weighted by Gasteiger charge is 1.97. The standard InChI is InChI=1S/C9H21N3O4.C4H8O3/c1-2-3-4-7-10-12(13)11-8-5-6-9-15-16-14;1-3(2)7-4(5)6/h14H,2-9H2,1H3,(H,10,11);3H,1-2H3,(H,5,6). The summed E-state index contributed by atoms with van der Waals surface area (Å²) in [5.74, 6) is 0. The Labute approximate surface area is 136 Å². The van der Waals surface area contributed by atoms with Gasteiger partial charge in [-0.3, -0.25) is 0 Å². The van der Waals surface area contributed by atoms with Crippen LogP contribution in [0, 0.1) is 5.21 Å². The van der Waals surface area contributed by atoms with Crippen LogP contribution in [0.3, 0.4) is 0 Å². The third-order valence-corrected chi connectivity index (χ3v) is 2.28. The highest BCUT2D eigenvalue weighted by Crippen LogP contribution is 1.92. The quantitative estimate of drug-likeness (QED) is 0.123. The van der Waals surface area contributed by atoms with Crippen LogP contribution in [0.4, 0.5) is 4.79 Å². The maximum absolute atomic E-state index is 11.0. The molecule has 10 heteroatoms. The number of carboxylic acid groups (broad SMARTS) is 1. The van der Waals surface area contributed by atoms with E-state index >= 15 is 0 Å². The molecule has 0 aliphatic heterocycles. The van der Waals surface area contributed by atoms with Crippen LogP contribution in [0.15, 0.2) is 5.11 Å². The van der Waals surface area contributed by atoms with E-state index < -0.39 is 6.16 Å². The van der Waals surface area contributed by atoms with Crippen molar-refractivity contribution in [1.29, 1.82) is 0 Å².